The van der Waals surface area contributed by atoms with E-state index in [0.717, 1.165) is 31.1 Å². The van der Waals surface area contributed by atoms with E-state index < -0.39 is 0 Å². The maximum absolute atomic E-state index is 6.11. The topological polar surface area (TPSA) is 60.2 Å². The van der Waals surface area contributed by atoms with Crippen molar-refractivity contribution in [2.24, 2.45) is 5.84 Å². The largest absolute Gasteiger partial charge is 0.381 e. The summed E-state index contributed by atoms with van der Waals surface area (Å²) in [7, 11) is 0. The average molecular weight is 294 g/mol. The second kappa shape index (κ2) is 6.11. The predicted molar refractivity (Wildman–Crippen MR) is 71.8 cm³/mol. The lowest BCUT2D eigenvalue weighted by molar-refractivity contribution is 0.1000. The van der Waals surface area contributed by atoms with Crippen molar-refractivity contribution >= 4 is 40.8 Å². The van der Waals surface area contributed by atoms with Crippen LogP contribution in [0, 0.1) is 0 Å². The molecule has 0 amide bonds. The number of hydrogen-bond acceptors (Lipinski definition) is 5. The number of nitrogens with one attached hydrogen (secondary N) is 1. The standard InChI is InChI=1S/C10H13Cl2N3OS/c11-7-5-8(12)10(14-9(7)15-13)17-6-1-3-16-4-2-6/h5-6H,1-4,13H2,(H,14,15). The van der Waals surface area contributed by atoms with Gasteiger partial charge >= 0.3 is 0 Å². The van der Waals surface area contributed by atoms with Gasteiger partial charge in [0.25, 0.3) is 0 Å². The molecule has 0 aromatic carbocycles. The number of aromatic nitrogens is 1. The Labute approximate surface area is 114 Å². The number of rotatable bonds is 3. The second-order valence-electron chi connectivity index (χ2n) is 3.68. The molecular weight excluding hydrogens is 281 g/mol. The van der Waals surface area contributed by atoms with E-state index in [2.05, 4.69) is 10.4 Å². The Hall–Kier alpha value is -0.200. The Morgan fingerprint density at radius 3 is 2.71 bits per heavy atom. The fourth-order valence-corrected chi connectivity index (χ4v) is 3.19. The predicted octanol–water partition coefficient (Wildman–Crippen LogP) is 2.95. The van der Waals surface area contributed by atoms with Crippen molar-refractivity contribution in [3.05, 3.63) is 16.1 Å². The SMILES string of the molecule is NNc1nc(SC2CCOCC2)c(Cl)cc1Cl. The van der Waals surface area contributed by atoms with Crippen molar-refractivity contribution in [2.75, 3.05) is 18.6 Å². The molecule has 0 bridgehead atoms. The Morgan fingerprint density at radius 1 is 1.35 bits per heavy atom. The highest BCUT2D eigenvalue weighted by atomic mass is 35.5. The number of anilines is 1. The van der Waals surface area contributed by atoms with Gasteiger partial charge in [-0.25, -0.2) is 10.8 Å². The van der Waals surface area contributed by atoms with Crippen molar-refractivity contribution in [3.63, 3.8) is 0 Å². The van der Waals surface area contributed by atoms with Gasteiger partial charge in [-0.15, -0.1) is 11.8 Å². The number of pyridine rings is 1. The van der Waals surface area contributed by atoms with E-state index in [1.165, 1.54) is 0 Å². The van der Waals surface area contributed by atoms with E-state index in [0.29, 0.717) is 21.1 Å². The molecule has 1 aromatic heterocycles. The van der Waals surface area contributed by atoms with Gasteiger partial charge in [0.2, 0.25) is 0 Å². The minimum Gasteiger partial charge on any atom is -0.381 e. The van der Waals surface area contributed by atoms with E-state index in [-0.39, 0.29) is 0 Å². The maximum atomic E-state index is 6.11. The van der Waals surface area contributed by atoms with Crippen molar-refractivity contribution < 1.29 is 4.74 Å². The van der Waals surface area contributed by atoms with E-state index in [4.69, 9.17) is 33.8 Å². The number of ether oxygens (including phenoxy) is 1. The van der Waals surface area contributed by atoms with Gasteiger partial charge in [0.1, 0.15) is 5.03 Å². The summed E-state index contributed by atoms with van der Waals surface area (Å²) in [4.78, 5) is 4.31. The number of nitrogen functional groups attached to an aromatic ring is 1. The van der Waals surface area contributed by atoms with Crippen molar-refractivity contribution in [1.29, 1.82) is 0 Å². The third kappa shape index (κ3) is 3.39. The van der Waals surface area contributed by atoms with Crippen LogP contribution in [0.25, 0.3) is 0 Å². The van der Waals surface area contributed by atoms with Crippen LogP contribution in [-0.4, -0.2) is 23.4 Å². The molecule has 0 spiro atoms. The molecule has 1 aliphatic rings. The average Bonchev–Trinajstić information content (AvgIpc) is 2.34. The van der Waals surface area contributed by atoms with Gasteiger partial charge < -0.3 is 10.2 Å². The quantitative estimate of drug-likeness (QED) is 0.663. The maximum Gasteiger partial charge on any atom is 0.160 e. The first-order chi connectivity index (χ1) is 8.20. The molecule has 0 saturated carbocycles. The zero-order valence-corrected chi connectivity index (χ0v) is 11.4. The number of hydrazine groups is 1. The number of hydrogen-bond donors (Lipinski definition) is 2. The monoisotopic (exact) mass is 293 g/mol. The zero-order chi connectivity index (χ0) is 12.3. The molecule has 94 valence electrons. The van der Waals surface area contributed by atoms with Gasteiger partial charge in [0, 0.05) is 18.5 Å². The summed E-state index contributed by atoms with van der Waals surface area (Å²) in [6.45, 7) is 1.59. The van der Waals surface area contributed by atoms with E-state index in [1.807, 2.05) is 0 Å². The van der Waals surface area contributed by atoms with Crippen LogP contribution in [0.2, 0.25) is 10.0 Å². The second-order valence-corrected chi connectivity index (χ2v) is 5.78. The summed E-state index contributed by atoms with van der Waals surface area (Å²) in [5, 5.41) is 2.23. The Balaban J connectivity index is 2.13. The fourth-order valence-electron chi connectivity index (χ4n) is 1.59. The van der Waals surface area contributed by atoms with Gasteiger partial charge in [-0.05, 0) is 18.9 Å². The molecule has 1 fully saturated rings. The van der Waals surface area contributed by atoms with Crippen molar-refractivity contribution in [2.45, 2.75) is 23.1 Å². The molecule has 2 heterocycles. The fraction of sp³-hybridized carbons (Fsp3) is 0.500. The van der Waals surface area contributed by atoms with Crippen LogP contribution >= 0.6 is 35.0 Å². The molecule has 4 nitrogen and oxygen atoms in total. The van der Waals surface area contributed by atoms with E-state index >= 15 is 0 Å². The van der Waals surface area contributed by atoms with Crippen LogP contribution < -0.4 is 11.3 Å². The lowest BCUT2D eigenvalue weighted by Crippen LogP contribution is -2.17. The van der Waals surface area contributed by atoms with Gasteiger partial charge in [-0.2, -0.15) is 0 Å². The summed E-state index contributed by atoms with van der Waals surface area (Å²) < 4.78 is 5.31. The molecule has 3 N–H and O–H groups in total. The van der Waals surface area contributed by atoms with Crippen LogP contribution in [0.5, 0.6) is 0 Å². The molecule has 0 unspecified atom stereocenters. The molecular formula is C10H13Cl2N3OS. The summed E-state index contributed by atoms with van der Waals surface area (Å²) in [5.74, 6) is 5.78. The van der Waals surface area contributed by atoms with Gasteiger partial charge in [-0.1, -0.05) is 23.2 Å². The minimum atomic E-state index is 0.425. The third-order valence-corrected chi connectivity index (χ3v) is 4.51. The smallest absolute Gasteiger partial charge is 0.160 e. The van der Waals surface area contributed by atoms with Crippen LogP contribution in [0.3, 0.4) is 0 Å². The van der Waals surface area contributed by atoms with Gasteiger partial charge in [-0.3, -0.25) is 0 Å². The highest BCUT2D eigenvalue weighted by molar-refractivity contribution is 8.00. The number of nitrogens with zero attached hydrogens (tertiary/aromatic N) is 1. The Kier molecular flexibility index (Phi) is 4.76. The lowest BCUT2D eigenvalue weighted by atomic mass is 10.2. The molecule has 17 heavy (non-hydrogen) atoms. The highest BCUT2D eigenvalue weighted by Crippen LogP contribution is 2.36. The van der Waals surface area contributed by atoms with E-state index in [9.17, 15) is 0 Å². The summed E-state index contributed by atoms with van der Waals surface area (Å²) in [6.07, 6.45) is 2.02. The minimum absolute atomic E-state index is 0.425. The number of nitrogens with two attached hydrogens (primary N) is 1. The van der Waals surface area contributed by atoms with E-state index in [1.54, 1.807) is 17.8 Å². The normalized spacial score (nSPS) is 17.1. The molecule has 0 atom stereocenters. The zero-order valence-electron chi connectivity index (χ0n) is 9.08. The first-order valence-corrected chi connectivity index (χ1v) is 6.91. The molecule has 1 aromatic rings. The first-order valence-electron chi connectivity index (χ1n) is 5.27. The molecule has 1 aliphatic heterocycles. The Bertz CT molecular complexity index is 399. The molecule has 1 saturated heterocycles. The number of thioether (sulfide) groups is 1. The van der Waals surface area contributed by atoms with Crippen LogP contribution in [-0.2, 0) is 4.74 Å². The third-order valence-electron chi connectivity index (χ3n) is 2.48. The van der Waals surface area contributed by atoms with Gasteiger partial charge in [0.05, 0.1) is 10.0 Å². The van der Waals surface area contributed by atoms with Crippen LogP contribution in [0.1, 0.15) is 12.8 Å². The van der Waals surface area contributed by atoms with Crippen molar-refractivity contribution in [1.82, 2.24) is 4.98 Å². The summed E-state index contributed by atoms with van der Waals surface area (Å²) >= 11 is 13.7. The molecule has 7 heteroatoms. The van der Waals surface area contributed by atoms with Crippen molar-refractivity contribution in [3.8, 4) is 0 Å². The first kappa shape index (κ1) is 13.2. The lowest BCUT2D eigenvalue weighted by Gasteiger charge is -2.21. The van der Waals surface area contributed by atoms with Crippen LogP contribution in [0.15, 0.2) is 11.1 Å². The molecule has 2 rings (SSSR count). The Morgan fingerprint density at radius 2 is 2.06 bits per heavy atom. The summed E-state index contributed by atoms with van der Waals surface area (Å²) in [6, 6.07) is 1.66. The number of halogens is 2. The highest BCUT2D eigenvalue weighted by Gasteiger charge is 2.18. The molecule has 0 radical (unpaired) electrons. The molecule has 0 aliphatic carbocycles. The van der Waals surface area contributed by atoms with Crippen LogP contribution in [0.4, 0.5) is 5.82 Å². The summed E-state index contributed by atoms with van der Waals surface area (Å²) in [5.41, 5.74) is 2.46. The van der Waals surface area contributed by atoms with Gasteiger partial charge in [0.15, 0.2) is 5.82 Å².